The van der Waals surface area contributed by atoms with Crippen LogP contribution in [0, 0.1) is 0 Å². The molecule has 0 radical (unpaired) electrons. The van der Waals surface area contributed by atoms with Gasteiger partial charge in [0.15, 0.2) is 8.07 Å². The topological polar surface area (TPSA) is 0 Å². The van der Waals surface area contributed by atoms with E-state index in [0.717, 1.165) is 0 Å². The van der Waals surface area contributed by atoms with Crippen LogP contribution >= 0.6 is 0 Å². The fourth-order valence-electron chi connectivity index (χ4n) is 11.8. The minimum absolute atomic E-state index is 0.0287. The molecule has 0 saturated carbocycles. The molecule has 2 heterocycles. The number of benzene rings is 10. The quantitative estimate of drug-likeness (QED) is 0.124. The second-order valence-electron chi connectivity index (χ2n) is 17.5. The highest BCUT2D eigenvalue weighted by Crippen LogP contribution is 2.52. The van der Waals surface area contributed by atoms with Gasteiger partial charge >= 0.3 is 0 Å². The van der Waals surface area contributed by atoms with Crippen LogP contribution in [0.5, 0.6) is 0 Å². The Bertz CT molecular complexity index is 3340. The standard InChI is InChI=1S/C59H40Si/c1-59(2)50-25-11-7-23-49(50)58-40(24-15-26-51(58)59)37-30-32-38(33-31-37)56-45-19-3-5-21-47(45)57(48-22-6-4-20-46(48)56)39-34-35-44-43-18-10-14-29-54(43)60(55(44)36-39)52-27-12-8-16-41(52)42-17-9-13-28-53(42)60/h3-36H,1-2H3. The molecule has 0 aromatic heterocycles. The summed E-state index contributed by atoms with van der Waals surface area (Å²) in [6.07, 6.45) is 0. The zero-order valence-electron chi connectivity index (χ0n) is 33.6. The summed E-state index contributed by atoms with van der Waals surface area (Å²) in [5.41, 5.74) is 18.7. The molecule has 1 heteroatoms. The van der Waals surface area contributed by atoms with Crippen LogP contribution in [-0.4, -0.2) is 8.07 Å². The maximum Gasteiger partial charge on any atom is 0.182 e. The van der Waals surface area contributed by atoms with Gasteiger partial charge in [-0.2, -0.15) is 0 Å². The van der Waals surface area contributed by atoms with Gasteiger partial charge in [0.1, 0.15) is 0 Å². The average Bonchev–Trinajstić information content (AvgIpc) is 3.86. The van der Waals surface area contributed by atoms with Crippen LogP contribution in [0.4, 0.5) is 0 Å². The average molecular weight is 777 g/mol. The molecule has 0 saturated heterocycles. The fraction of sp³-hybridized carbons (Fsp3) is 0.0508. The second-order valence-corrected chi connectivity index (χ2v) is 21.1. The Labute approximate surface area is 352 Å². The molecule has 10 aromatic rings. The van der Waals surface area contributed by atoms with Crippen LogP contribution < -0.4 is 20.7 Å². The molecule has 13 rings (SSSR count). The van der Waals surface area contributed by atoms with Crippen LogP contribution in [0.2, 0.25) is 0 Å². The number of hydrogen-bond acceptors (Lipinski definition) is 0. The molecule has 0 N–H and O–H groups in total. The van der Waals surface area contributed by atoms with Crippen LogP contribution in [0.3, 0.4) is 0 Å². The van der Waals surface area contributed by atoms with Gasteiger partial charge in [-0.15, -0.1) is 0 Å². The van der Waals surface area contributed by atoms with Gasteiger partial charge in [0.05, 0.1) is 0 Å². The molecule has 280 valence electrons. The molecular formula is C59H40Si. The lowest BCUT2D eigenvalue weighted by Gasteiger charge is -2.28. The highest BCUT2D eigenvalue weighted by molar-refractivity contribution is 7.24. The first-order valence-corrected chi connectivity index (χ1v) is 23.3. The van der Waals surface area contributed by atoms with Gasteiger partial charge in [-0.3, -0.25) is 0 Å². The SMILES string of the molecule is CC1(C)c2ccccc2-c2c(-c3ccc(-c4c5ccccc5c(-c5ccc6c(c5)[Si]5(c7ccccc7-c7ccccc75)c5ccccc5-6)c5ccccc45)cc3)cccc21. The maximum absolute atomic E-state index is 2.60. The molecule has 0 amide bonds. The van der Waals surface area contributed by atoms with E-state index in [1.54, 1.807) is 0 Å². The van der Waals surface area contributed by atoms with Gasteiger partial charge < -0.3 is 0 Å². The largest absolute Gasteiger partial charge is 0.182 e. The van der Waals surface area contributed by atoms with Crippen molar-refractivity contribution in [1.82, 2.24) is 0 Å². The van der Waals surface area contributed by atoms with Gasteiger partial charge in [0.25, 0.3) is 0 Å². The summed E-state index contributed by atoms with van der Waals surface area (Å²) >= 11 is 0. The van der Waals surface area contributed by atoms with Crippen LogP contribution in [0.15, 0.2) is 206 Å². The number of hydrogen-bond donors (Lipinski definition) is 0. The summed E-state index contributed by atoms with van der Waals surface area (Å²) in [5, 5.41) is 11.2. The lowest BCUT2D eigenvalue weighted by atomic mass is 9.82. The molecule has 0 fully saturated rings. The third kappa shape index (κ3) is 4.30. The molecule has 0 atom stereocenters. The maximum atomic E-state index is 2.60. The first kappa shape index (κ1) is 33.9. The number of rotatable bonds is 3. The molecular weight excluding hydrogens is 737 g/mol. The predicted molar refractivity (Wildman–Crippen MR) is 257 cm³/mol. The molecule has 1 aliphatic carbocycles. The molecule has 3 aliphatic rings. The van der Waals surface area contributed by atoms with Gasteiger partial charge in [0.2, 0.25) is 0 Å². The van der Waals surface area contributed by atoms with E-state index in [4.69, 9.17) is 0 Å². The van der Waals surface area contributed by atoms with Crippen molar-refractivity contribution < 1.29 is 0 Å². The first-order valence-electron chi connectivity index (χ1n) is 21.3. The zero-order valence-corrected chi connectivity index (χ0v) is 34.6. The highest BCUT2D eigenvalue weighted by atomic mass is 28.3. The van der Waals surface area contributed by atoms with Crippen LogP contribution in [0.25, 0.3) is 88.3 Å². The monoisotopic (exact) mass is 776 g/mol. The fourth-order valence-corrected chi connectivity index (χ4v) is 17.5. The summed E-state index contributed by atoms with van der Waals surface area (Å²) in [5.74, 6) is 0. The zero-order chi connectivity index (χ0) is 39.7. The van der Waals surface area contributed by atoms with Gasteiger partial charge in [-0.1, -0.05) is 220 Å². The van der Waals surface area contributed by atoms with Crippen molar-refractivity contribution in [3.63, 3.8) is 0 Å². The molecule has 2 aliphatic heterocycles. The van der Waals surface area contributed by atoms with E-state index >= 15 is 0 Å². The molecule has 0 bridgehead atoms. The van der Waals surface area contributed by atoms with Crippen molar-refractivity contribution in [2.24, 2.45) is 0 Å². The Balaban J connectivity index is 1.01. The Morgan fingerprint density at radius 2 is 0.683 bits per heavy atom. The van der Waals surface area contributed by atoms with Crippen molar-refractivity contribution in [3.05, 3.63) is 217 Å². The summed E-state index contributed by atoms with van der Waals surface area (Å²) in [4.78, 5) is 0. The van der Waals surface area contributed by atoms with Crippen molar-refractivity contribution in [1.29, 1.82) is 0 Å². The Hall–Kier alpha value is -7.06. The first-order chi connectivity index (χ1) is 29.5. The molecule has 60 heavy (non-hydrogen) atoms. The van der Waals surface area contributed by atoms with E-state index in [1.807, 2.05) is 0 Å². The highest BCUT2D eigenvalue weighted by Gasteiger charge is 2.53. The Morgan fingerprint density at radius 3 is 1.25 bits per heavy atom. The summed E-state index contributed by atoms with van der Waals surface area (Å²) in [6.45, 7) is 4.72. The summed E-state index contributed by atoms with van der Waals surface area (Å²) < 4.78 is 0. The van der Waals surface area contributed by atoms with E-state index in [9.17, 15) is 0 Å². The Morgan fingerprint density at radius 1 is 0.283 bits per heavy atom. The molecule has 0 unspecified atom stereocenters. The smallest absolute Gasteiger partial charge is 0.0623 e. The van der Waals surface area contributed by atoms with E-state index < -0.39 is 8.07 Å². The van der Waals surface area contributed by atoms with Gasteiger partial charge in [-0.05, 0) is 120 Å². The minimum atomic E-state index is -2.58. The van der Waals surface area contributed by atoms with E-state index in [1.165, 1.54) is 120 Å². The third-order valence-corrected chi connectivity index (χ3v) is 19.3. The van der Waals surface area contributed by atoms with Crippen molar-refractivity contribution >= 4 is 50.4 Å². The second kappa shape index (κ2) is 12.2. The van der Waals surface area contributed by atoms with Crippen molar-refractivity contribution in [2.45, 2.75) is 19.3 Å². The van der Waals surface area contributed by atoms with E-state index in [-0.39, 0.29) is 5.41 Å². The lowest BCUT2D eigenvalue weighted by Crippen LogP contribution is -2.70. The molecule has 0 nitrogen and oxygen atoms in total. The Kier molecular flexibility index (Phi) is 6.91. The van der Waals surface area contributed by atoms with Gasteiger partial charge in [0, 0.05) is 5.41 Å². The van der Waals surface area contributed by atoms with E-state index in [0.29, 0.717) is 0 Å². The van der Waals surface area contributed by atoms with Gasteiger partial charge in [-0.25, -0.2) is 0 Å². The van der Waals surface area contributed by atoms with Crippen molar-refractivity contribution in [2.75, 3.05) is 0 Å². The van der Waals surface area contributed by atoms with Crippen molar-refractivity contribution in [3.8, 4) is 66.8 Å². The van der Waals surface area contributed by atoms with Crippen LogP contribution in [0.1, 0.15) is 25.0 Å². The summed E-state index contributed by atoms with van der Waals surface area (Å²) in [7, 11) is -2.58. The van der Waals surface area contributed by atoms with Crippen LogP contribution in [-0.2, 0) is 5.41 Å². The minimum Gasteiger partial charge on any atom is -0.0623 e. The van der Waals surface area contributed by atoms with E-state index in [2.05, 4.69) is 220 Å². The normalized spacial score (nSPS) is 14.4. The third-order valence-electron chi connectivity index (χ3n) is 14.3. The molecule has 1 spiro atoms. The predicted octanol–water partition coefficient (Wildman–Crippen LogP) is 12.6. The summed E-state index contributed by atoms with van der Waals surface area (Å²) in [6, 6.07) is 78.6. The number of fused-ring (bicyclic) bond motifs is 15. The molecule has 10 aromatic carbocycles. The lowest BCUT2D eigenvalue weighted by molar-refractivity contribution is 0.660.